The predicted molar refractivity (Wildman–Crippen MR) is 181 cm³/mol. The number of hydrogen-bond acceptors (Lipinski definition) is 7. The molecule has 0 N–H and O–H groups in total. The molecule has 0 unspecified atom stereocenters. The SMILES string of the molecule is CC(=O)Oc1ccc2c(c1)O[C@H](c1ccccc1)C[C@H]2c1c(OCc2ccccc2)ccc(C2(C)OCCO2)c1OCc1ccccc1. The van der Waals surface area contributed by atoms with Crippen molar-refractivity contribution in [3.8, 4) is 23.0 Å². The van der Waals surface area contributed by atoms with Gasteiger partial charge in [-0.15, -0.1) is 0 Å². The van der Waals surface area contributed by atoms with Crippen LogP contribution in [0.5, 0.6) is 23.0 Å². The van der Waals surface area contributed by atoms with Gasteiger partial charge >= 0.3 is 5.97 Å². The van der Waals surface area contributed by atoms with Gasteiger partial charge in [-0.1, -0.05) is 97.1 Å². The van der Waals surface area contributed by atoms with Crippen molar-refractivity contribution in [3.63, 3.8) is 0 Å². The summed E-state index contributed by atoms with van der Waals surface area (Å²) in [6.07, 6.45) is 0.313. The van der Waals surface area contributed by atoms with Gasteiger partial charge in [0.2, 0.25) is 0 Å². The van der Waals surface area contributed by atoms with Crippen molar-refractivity contribution < 1.29 is 33.2 Å². The molecule has 7 rings (SSSR count). The van der Waals surface area contributed by atoms with E-state index >= 15 is 0 Å². The lowest BCUT2D eigenvalue weighted by atomic mass is 9.80. The summed E-state index contributed by atoms with van der Waals surface area (Å²) in [5.41, 5.74) is 5.72. The summed E-state index contributed by atoms with van der Waals surface area (Å²) in [4.78, 5) is 11.9. The summed E-state index contributed by atoms with van der Waals surface area (Å²) in [5.74, 6) is 0.767. The molecule has 0 radical (unpaired) electrons. The molecule has 7 heteroatoms. The van der Waals surface area contributed by atoms with Gasteiger partial charge in [-0.05, 0) is 48.2 Å². The molecule has 0 aromatic heterocycles. The van der Waals surface area contributed by atoms with E-state index in [0.29, 0.717) is 55.8 Å². The maximum Gasteiger partial charge on any atom is 0.308 e. The number of hydrogen-bond donors (Lipinski definition) is 0. The van der Waals surface area contributed by atoms with E-state index in [1.165, 1.54) is 6.92 Å². The molecular weight excluding hydrogens is 604 g/mol. The first kappa shape index (κ1) is 31.5. The number of rotatable bonds is 10. The molecule has 244 valence electrons. The quantitative estimate of drug-likeness (QED) is 0.112. The van der Waals surface area contributed by atoms with Gasteiger partial charge in [-0.3, -0.25) is 4.79 Å². The Balaban J connectivity index is 1.41. The van der Waals surface area contributed by atoms with Crippen LogP contribution in [0.3, 0.4) is 0 Å². The fourth-order valence-electron chi connectivity index (χ4n) is 6.51. The fourth-order valence-corrected chi connectivity index (χ4v) is 6.51. The number of carbonyl (C=O) groups is 1. The van der Waals surface area contributed by atoms with E-state index in [0.717, 1.165) is 33.4 Å². The van der Waals surface area contributed by atoms with E-state index in [1.54, 1.807) is 6.07 Å². The van der Waals surface area contributed by atoms with Crippen molar-refractivity contribution in [3.05, 3.63) is 155 Å². The minimum absolute atomic E-state index is 0.230. The maximum absolute atomic E-state index is 11.9. The van der Waals surface area contributed by atoms with Crippen LogP contribution in [0.2, 0.25) is 0 Å². The van der Waals surface area contributed by atoms with Gasteiger partial charge in [-0.2, -0.15) is 0 Å². The molecule has 0 aliphatic carbocycles. The standard InChI is InChI=1S/C41H38O7/c1-28(42)47-32-18-19-33-34(25-37(48-38(33)24-32)31-16-10-5-11-17-31)39-36(43-26-29-12-6-3-7-13-29)21-20-35(41(2)45-22-23-46-41)40(39)44-27-30-14-8-4-9-15-30/h3-21,24,34,37H,22-23,25-27H2,1-2H3/t34-,37+/m1/s1. The summed E-state index contributed by atoms with van der Waals surface area (Å²) in [7, 11) is 0. The van der Waals surface area contributed by atoms with E-state index in [9.17, 15) is 4.79 Å². The van der Waals surface area contributed by atoms with Crippen LogP contribution in [-0.4, -0.2) is 19.2 Å². The Bertz CT molecular complexity index is 1850. The second-order valence-corrected chi connectivity index (χ2v) is 12.1. The maximum atomic E-state index is 11.9. The van der Waals surface area contributed by atoms with Crippen LogP contribution in [0.15, 0.2) is 121 Å². The van der Waals surface area contributed by atoms with Gasteiger partial charge in [0, 0.05) is 30.0 Å². The highest BCUT2D eigenvalue weighted by Crippen LogP contribution is 2.53. The lowest BCUT2D eigenvalue weighted by Crippen LogP contribution is -2.26. The molecule has 2 aliphatic rings. The summed E-state index contributed by atoms with van der Waals surface area (Å²) in [5, 5.41) is 0. The first-order chi connectivity index (χ1) is 23.5. The third kappa shape index (κ3) is 6.79. The Kier molecular flexibility index (Phi) is 9.14. The molecule has 2 atom stereocenters. The van der Waals surface area contributed by atoms with Crippen molar-refractivity contribution in [2.75, 3.05) is 13.2 Å². The zero-order chi connectivity index (χ0) is 32.9. The fraction of sp³-hybridized carbons (Fsp3) is 0.244. The van der Waals surface area contributed by atoms with E-state index in [2.05, 4.69) is 12.1 Å². The van der Waals surface area contributed by atoms with Gasteiger partial charge in [0.1, 0.15) is 42.3 Å². The van der Waals surface area contributed by atoms with Crippen LogP contribution < -0.4 is 18.9 Å². The molecule has 1 saturated heterocycles. The van der Waals surface area contributed by atoms with Crippen molar-refractivity contribution >= 4 is 5.97 Å². The van der Waals surface area contributed by atoms with Crippen molar-refractivity contribution in [1.29, 1.82) is 0 Å². The predicted octanol–water partition coefficient (Wildman–Crippen LogP) is 8.65. The first-order valence-electron chi connectivity index (χ1n) is 16.3. The average Bonchev–Trinajstić information content (AvgIpc) is 3.57. The lowest BCUT2D eigenvalue weighted by Gasteiger charge is -2.36. The second kappa shape index (κ2) is 13.9. The smallest absolute Gasteiger partial charge is 0.308 e. The van der Waals surface area contributed by atoms with Crippen molar-refractivity contribution in [2.24, 2.45) is 0 Å². The summed E-state index contributed by atoms with van der Waals surface area (Å²) >= 11 is 0. The van der Waals surface area contributed by atoms with Gasteiger partial charge < -0.3 is 28.4 Å². The molecule has 0 bridgehead atoms. The largest absolute Gasteiger partial charge is 0.488 e. The minimum Gasteiger partial charge on any atom is -0.488 e. The normalized spacial score (nSPS) is 18.0. The van der Waals surface area contributed by atoms with Crippen LogP contribution >= 0.6 is 0 Å². The highest BCUT2D eigenvalue weighted by atomic mass is 16.7. The van der Waals surface area contributed by atoms with Crippen LogP contribution in [0.25, 0.3) is 0 Å². The van der Waals surface area contributed by atoms with Gasteiger partial charge in [0.05, 0.1) is 18.8 Å². The third-order valence-corrected chi connectivity index (χ3v) is 8.81. The zero-order valence-corrected chi connectivity index (χ0v) is 27.1. The van der Waals surface area contributed by atoms with E-state index in [-0.39, 0.29) is 12.0 Å². The van der Waals surface area contributed by atoms with E-state index in [4.69, 9.17) is 28.4 Å². The molecular formula is C41H38O7. The highest BCUT2D eigenvalue weighted by molar-refractivity contribution is 5.70. The topological polar surface area (TPSA) is 72.5 Å². The summed E-state index contributed by atoms with van der Waals surface area (Å²) < 4.78 is 38.1. The molecule has 2 heterocycles. The minimum atomic E-state index is -1.01. The van der Waals surface area contributed by atoms with E-state index in [1.807, 2.05) is 110 Å². The highest BCUT2D eigenvalue weighted by Gasteiger charge is 2.41. The summed E-state index contributed by atoms with van der Waals surface area (Å²) in [6.45, 7) is 5.00. The molecule has 1 fully saturated rings. The monoisotopic (exact) mass is 642 g/mol. The number of carbonyl (C=O) groups excluding carboxylic acids is 1. The molecule has 7 nitrogen and oxygen atoms in total. The average molecular weight is 643 g/mol. The molecule has 0 saturated carbocycles. The Hall–Kier alpha value is -5.11. The van der Waals surface area contributed by atoms with Gasteiger partial charge in [-0.25, -0.2) is 0 Å². The molecule has 0 amide bonds. The lowest BCUT2D eigenvalue weighted by molar-refractivity contribution is -0.151. The molecule has 48 heavy (non-hydrogen) atoms. The molecule has 2 aliphatic heterocycles. The van der Waals surface area contributed by atoms with Crippen LogP contribution in [0.1, 0.15) is 65.7 Å². The Morgan fingerprint density at radius 1 is 0.771 bits per heavy atom. The number of benzene rings is 5. The van der Waals surface area contributed by atoms with Crippen molar-refractivity contribution in [1.82, 2.24) is 0 Å². The first-order valence-corrected chi connectivity index (χ1v) is 16.3. The molecule has 5 aromatic rings. The molecule has 0 spiro atoms. The molecule has 5 aromatic carbocycles. The van der Waals surface area contributed by atoms with Gasteiger partial charge in [0.25, 0.3) is 0 Å². The second-order valence-electron chi connectivity index (χ2n) is 12.1. The number of esters is 1. The summed E-state index contributed by atoms with van der Waals surface area (Å²) in [6, 6.07) is 39.9. The number of fused-ring (bicyclic) bond motifs is 1. The van der Waals surface area contributed by atoms with E-state index < -0.39 is 11.8 Å². The Labute approximate surface area is 281 Å². The Morgan fingerprint density at radius 2 is 1.40 bits per heavy atom. The van der Waals surface area contributed by atoms with Crippen LogP contribution in [-0.2, 0) is 33.3 Å². The van der Waals surface area contributed by atoms with Crippen molar-refractivity contribution in [2.45, 2.75) is 51.3 Å². The number of ether oxygens (including phenoxy) is 6. The van der Waals surface area contributed by atoms with Gasteiger partial charge in [0.15, 0.2) is 5.79 Å². The zero-order valence-electron chi connectivity index (χ0n) is 27.1. The van der Waals surface area contributed by atoms with Crippen LogP contribution in [0.4, 0.5) is 0 Å². The van der Waals surface area contributed by atoms with Crippen LogP contribution in [0, 0.1) is 0 Å². The Morgan fingerprint density at radius 3 is 2.04 bits per heavy atom. The third-order valence-electron chi connectivity index (χ3n) is 8.81.